The number of benzene rings is 2. The van der Waals surface area contributed by atoms with Crippen molar-refractivity contribution in [2.75, 3.05) is 6.54 Å². The largest absolute Gasteiger partial charge is 0.312 e. The van der Waals surface area contributed by atoms with Crippen molar-refractivity contribution < 1.29 is 0 Å². The summed E-state index contributed by atoms with van der Waals surface area (Å²) < 4.78 is 0. The summed E-state index contributed by atoms with van der Waals surface area (Å²) in [6, 6.07) is 16.7. The normalized spacial score (nSPS) is 24.6. The molecule has 3 rings (SSSR count). The van der Waals surface area contributed by atoms with Gasteiger partial charge in [0.25, 0.3) is 0 Å². The quantitative estimate of drug-likeness (QED) is 0.867. The summed E-state index contributed by atoms with van der Waals surface area (Å²) in [5, 5.41) is 8.51. The lowest BCUT2D eigenvalue weighted by Crippen LogP contribution is -2.49. The monoisotopic (exact) mass is 334 g/mol. The molecule has 0 amide bonds. The second kappa shape index (κ2) is 6.59. The van der Waals surface area contributed by atoms with Gasteiger partial charge >= 0.3 is 0 Å². The highest BCUT2D eigenvalue weighted by molar-refractivity contribution is 6.42. The number of halogens is 2. The first-order chi connectivity index (χ1) is 10.6. The van der Waals surface area contributed by atoms with Crippen molar-refractivity contribution in [1.29, 1.82) is 0 Å². The summed E-state index contributed by atoms with van der Waals surface area (Å²) in [5.41, 5.74) is 2.35. The van der Waals surface area contributed by atoms with Crippen LogP contribution in [0.4, 0.5) is 0 Å². The molecule has 2 N–H and O–H groups in total. The molecular formula is C18H20Cl2N2. The van der Waals surface area contributed by atoms with E-state index in [1.807, 2.05) is 18.2 Å². The number of nitrogens with one attached hydrogen (secondary N) is 2. The maximum absolute atomic E-state index is 6.24. The molecule has 2 nitrogen and oxygen atoms in total. The Labute approximate surface area is 141 Å². The van der Waals surface area contributed by atoms with Gasteiger partial charge in [0, 0.05) is 12.6 Å². The summed E-state index contributed by atoms with van der Waals surface area (Å²) in [6.45, 7) is 4.03. The van der Waals surface area contributed by atoms with Crippen molar-refractivity contribution in [3.8, 4) is 0 Å². The third kappa shape index (κ3) is 3.02. The predicted molar refractivity (Wildman–Crippen MR) is 93.5 cm³/mol. The van der Waals surface area contributed by atoms with Crippen LogP contribution in [0.5, 0.6) is 0 Å². The van der Waals surface area contributed by atoms with E-state index >= 15 is 0 Å². The molecule has 116 valence electrons. The van der Waals surface area contributed by atoms with E-state index in [0.29, 0.717) is 16.1 Å². The van der Waals surface area contributed by atoms with Crippen molar-refractivity contribution >= 4 is 23.2 Å². The van der Waals surface area contributed by atoms with E-state index in [2.05, 4.69) is 47.9 Å². The Morgan fingerprint density at radius 2 is 1.91 bits per heavy atom. The minimum Gasteiger partial charge on any atom is -0.312 e. The van der Waals surface area contributed by atoms with Gasteiger partial charge in [-0.1, -0.05) is 59.6 Å². The minimum atomic E-state index is -0.121. The highest BCUT2D eigenvalue weighted by atomic mass is 35.5. The van der Waals surface area contributed by atoms with Crippen LogP contribution in [0, 0.1) is 0 Å². The lowest BCUT2D eigenvalue weighted by Gasteiger charge is -2.35. The first-order valence-corrected chi connectivity index (χ1v) is 8.35. The van der Waals surface area contributed by atoms with Gasteiger partial charge < -0.3 is 10.6 Å². The number of rotatable bonds is 4. The van der Waals surface area contributed by atoms with Gasteiger partial charge in [-0.2, -0.15) is 0 Å². The lowest BCUT2D eigenvalue weighted by atomic mass is 9.83. The molecule has 0 saturated carbocycles. The third-order valence-electron chi connectivity index (χ3n) is 4.59. The molecule has 2 atom stereocenters. The van der Waals surface area contributed by atoms with Crippen LogP contribution in [0.15, 0.2) is 48.5 Å². The van der Waals surface area contributed by atoms with Gasteiger partial charge in [0.15, 0.2) is 0 Å². The van der Waals surface area contributed by atoms with Gasteiger partial charge in [0.1, 0.15) is 0 Å². The molecule has 0 unspecified atom stereocenters. The Balaban J connectivity index is 1.90. The SMILES string of the molecule is C[C@@H]1NCC[C@@]1(NCc1ccccc1)c1ccc(Cl)c(Cl)c1. The molecule has 1 aliphatic heterocycles. The van der Waals surface area contributed by atoms with Gasteiger partial charge in [-0.3, -0.25) is 0 Å². The zero-order valence-electron chi connectivity index (χ0n) is 12.6. The maximum atomic E-state index is 6.24. The smallest absolute Gasteiger partial charge is 0.0602 e. The molecule has 4 heteroatoms. The van der Waals surface area contributed by atoms with E-state index in [-0.39, 0.29) is 5.54 Å². The van der Waals surface area contributed by atoms with Crippen LogP contribution in [-0.2, 0) is 12.1 Å². The average Bonchev–Trinajstić information content (AvgIpc) is 2.91. The van der Waals surface area contributed by atoms with Crippen molar-refractivity contribution in [2.24, 2.45) is 0 Å². The minimum absolute atomic E-state index is 0.121. The molecular weight excluding hydrogens is 315 g/mol. The lowest BCUT2D eigenvalue weighted by molar-refractivity contribution is 0.302. The van der Waals surface area contributed by atoms with E-state index in [0.717, 1.165) is 19.5 Å². The Kier molecular flexibility index (Phi) is 4.74. The molecule has 1 saturated heterocycles. The summed E-state index contributed by atoms with van der Waals surface area (Å²) in [7, 11) is 0. The van der Waals surface area contributed by atoms with E-state index in [1.165, 1.54) is 11.1 Å². The van der Waals surface area contributed by atoms with Gasteiger partial charge in [0.05, 0.1) is 15.6 Å². The molecule has 0 bridgehead atoms. The van der Waals surface area contributed by atoms with E-state index in [9.17, 15) is 0 Å². The van der Waals surface area contributed by atoms with Gasteiger partial charge in [0.2, 0.25) is 0 Å². The van der Waals surface area contributed by atoms with Crippen LogP contribution in [-0.4, -0.2) is 12.6 Å². The highest BCUT2D eigenvalue weighted by Crippen LogP contribution is 2.36. The Bertz CT molecular complexity index is 645. The number of hydrogen-bond acceptors (Lipinski definition) is 2. The summed E-state index contributed by atoms with van der Waals surface area (Å²) in [6.07, 6.45) is 1.03. The molecule has 0 aromatic heterocycles. The van der Waals surface area contributed by atoms with Gasteiger partial charge in [-0.05, 0) is 43.1 Å². The van der Waals surface area contributed by atoms with Crippen LogP contribution in [0.2, 0.25) is 10.0 Å². The predicted octanol–water partition coefficient (Wildman–Crippen LogP) is 4.36. The zero-order chi connectivity index (χ0) is 15.6. The fourth-order valence-electron chi connectivity index (χ4n) is 3.24. The summed E-state index contributed by atoms with van der Waals surface area (Å²) in [5.74, 6) is 0. The fourth-order valence-corrected chi connectivity index (χ4v) is 3.54. The van der Waals surface area contributed by atoms with E-state index < -0.39 is 0 Å². The first kappa shape index (κ1) is 15.8. The molecule has 1 fully saturated rings. The molecule has 1 aliphatic rings. The van der Waals surface area contributed by atoms with Crippen LogP contribution in [0.3, 0.4) is 0 Å². The van der Waals surface area contributed by atoms with Crippen molar-refractivity contribution in [3.63, 3.8) is 0 Å². The second-order valence-electron chi connectivity index (χ2n) is 5.87. The van der Waals surface area contributed by atoms with Crippen molar-refractivity contribution in [2.45, 2.75) is 31.5 Å². The highest BCUT2D eigenvalue weighted by Gasteiger charge is 2.41. The topological polar surface area (TPSA) is 24.1 Å². The zero-order valence-corrected chi connectivity index (χ0v) is 14.1. The Hall–Kier alpha value is -1.06. The molecule has 22 heavy (non-hydrogen) atoms. The first-order valence-electron chi connectivity index (χ1n) is 7.60. The standard InChI is InChI=1S/C18H20Cl2N2/c1-13-18(9-10-21-13,15-7-8-16(19)17(20)11-15)22-12-14-5-3-2-4-6-14/h2-8,11,13,21-22H,9-10,12H2,1H3/t13-,18-/m0/s1. The molecule has 2 aromatic rings. The Morgan fingerprint density at radius 1 is 1.14 bits per heavy atom. The fraction of sp³-hybridized carbons (Fsp3) is 0.333. The third-order valence-corrected chi connectivity index (χ3v) is 5.33. The second-order valence-corrected chi connectivity index (χ2v) is 6.68. The molecule has 2 aromatic carbocycles. The number of hydrogen-bond donors (Lipinski definition) is 2. The van der Waals surface area contributed by atoms with Crippen LogP contribution in [0.25, 0.3) is 0 Å². The van der Waals surface area contributed by atoms with Crippen LogP contribution in [0.1, 0.15) is 24.5 Å². The molecule has 0 spiro atoms. The molecule has 0 radical (unpaired) electrons. The molecule has 0 aliphatic carbocycles. The van der Waals surface area contributed by atoms with Crippen molar-refractivity contribution in [1.82, 2.24) is 10.6 Å². The van der Waals surface area contributed by atoms with E-state index in [1.54, 1.807) is 0 Å². The van der Waals surface area contributed by atoms with Crippen LogP contribution < -0.4 is 10.6 Å². The average molecular weight is 335 g/mol. The maximum Gasteiger partial charge on any atom is 0.0602 e. The van der Waals surface area contributed by atoms with Crippen LogP contribution >= 0.6 is 23.2 Å². The Morgan fingerprint density at radius 3 is 2.55 bits per heavy atom. The summed E-state index contributed by atoms with van der Waals surface area (Å²) in [4.78, 5) is 0. The van der Waals surface area contributed by atoms with E-state index in [4.69, 9.17) is 23.2 Å². The molecule has 1 heterocycles. The van der Waals surface area contributed by atoms with Gasteiger partial charge in [-0.25, -0.2) is 0 Å². The summed E-state index contributed by atoms with van der Waals surface area (Å²) >= 11 is 12.3. The van der Waals surface area contributed by atoms with Crippen molar-refractivity contribution in [3.05, 3.63) is 69.7 Å². The van der Waals surface area contributed by atoms with Gasteiger partial charge in [-0.15, -0.1) is 0 Å².